The highest BCUT2D eigenvalue weighted by atomic mass is 35.5. The normalized spacial score (nSPS) is 11.1. The van der Waals surface area contributed by atoms with Crippen molar-refractivity contribution < 1.29 is 0 Å². The Labute approximate surface area is 116 Å². The average Bonchev–Trinajstić information content (AvgIpc) is 2.46. The topological polar surface area (TPSA) is 50.8 Å². The predicted octanol–water partition coefficient (Wildman–Crippen LogP) is 3.89. The summed E-state index contributed by atoms with van der Waals surface area (Å²) < 4.78 is 0. The van der Waals surface area contributed by atoms with Gasteiger partial charge in [-0.05, 0) is 18.2 Å². The Morgan fingerprint density at radius 1 is 0.947 bits per heavy atom. The van der Waals surface area contributed by atoms with Crippen molar-refractivity contribution in [3.8, 4) is 12.3 Å². The number of nitriles is 2. The molecule has 1 atom stereocenters. The fourth-order valence-electron chi connectivity index (χ4n) is 1.82. The van der Waals surface area contributed by atoms with Gasteiger partial charge in [-0.15, -0.1) is 0 Å². The van der Waals surface area contributed by atoms with Crippen LogP contribution in [-0.4, -0.2) is 0 Å². The van der Waals surface area contributed by atoms with Crippen LogP contribution in [0.2, 0.25) is 5.02 Å². The number of hydrogen-bond acceptors (Lipinski definition) is 3. The van der Waals surface area contributed by atoms with Crippen LogP contribution < -0.4 is 4.90 Å². The van der Waals surface area contributed by atoms with Crippen molar-refractivity contribution in [2.75, 3.05) is 4.90 Å². The van der Waals surface area contributed by atoms with Gasteiger partial charge >= 0.3 is 0 Å². The van der Waals surface area contributed by atoms with E-state index in [1.807, 2.05) is 24.4 Å². The van der Waals surface area contributed by atoms with Gasteiger partial charge in [0, 0.05) is 10.6 Å². The molecule has 0 amide bonds. The molecule has 0 fully saturated rings. The lowest BCUT2D eigenvalue weighted by Gasteiger charge is -2.22. The molecule has 2 aromatic rings. The van der Waals surface area contributed by atoms with Gasteiger partial charge in [0.2, 0.25) is 0 Å². The van der Waals surface area contributed by atoms with E-state index < -0.39 is 6.04 Å². The lowest BCUT2D eigenvalue weighted by atomic mass is 10.1. The largest absolute Gasteiger partial charge is 0.258 e. The van der Waals surface area contributed by atoms with E-state index in [9.17, 15) is 10.5 Å². The lowest BCUT2D eigenvalue weighted by Crippen LogP contribution is -2.22. The summed E-state index contributed by atoms with van der Waals surface area (Å²) >= 11 is 6.10. The molecule has 2 aromatic carbocycles. The third-order valence-corrected chi connectivity index (χ3v) is 3.07. The summed E-state index contributed by atoms with van der Waals surface area (Å²) in [6.45, 7) is 0. The molecule has 92 valence electrons. The second-order valence-corrected chi connectivity index (χ2v) is 4.27. The van der Waals surface area contributed by atoms with E-state index >= 15 is 0 Å². The van der Waals surface area contributed by atoms with Crippen LogP contribution in [0.5, 0.6) is 0 Å². The zero-order valence-electron chi connectivity index (χ0n) is 9.99. The molecule has 1 unspecified atom stereocenters. The molecule has 0 aliphatic rings. The Hall–Kier alpha value is -2.49. The highest BCUT2D eigenvalue weighted by molar-refractivity contribution is 6.31. The van der Waals surface area contributed by atoms with Gasteiger partial charge in [-0.2, -0.15) is 10.5 Å². The number of hydrogen-bond donors (Lipinski definition) is 0. The molecule has 0 heterocycles. The minimum atomic E-state index is -0.735. The molecule has 3 nitrogen and oxygen atoms in total. The van der Waals surface area contributed by atoms with E-state index in [1.54, 1.807) is 36.4 Å². The van der Waals surface area contributed by atoms with Crippen LogP contribution in [0.25, 0.3) is 0 Å². The van der Waals surface area contributed by atoms with Gasteiger partial charge in [-0.3, -0.25) is 4.90 Å². The van der Waals surface area contributed by atoms with Crippen molar-refractivity contribution in [1.82, 2.24) is 0 Å². The predicted molar refractivity (Wildman–Crippen MR) is 74.3 cm³/mol. The molecular formula is C15H10ClN3. The maximum absolute atomic E-state index is 9.37. The van der Waals surface area contributed by atoms with E-state index in [2.05, 4.69) is 6.07 Å². The van der Waals surface area contributed by atoms with E-state index in [4.69, 9.17) is 11.6 Å². The lowest BCUT2D eigenvalue weighted by molar-refractivity contribution is 0.867. The smallest absolute Gasteiger partial charge is 0.185 e. The van der Waals surface area contributed by atoms with Crippen LogP contribution >= 0.6 is 11.6 Å². The van der Waals surface area contributed by atoms with Crippen molar-refractivity contribution in [1.29, 1.82) is 10.5 Å². The first kappa shape index (κ1) is 13.0. The van der Waals surface area contributed by atoms with Crippen molar-refractivity contribution in [3.63, 3.8) is 0 Å². The summed E-state index contributed by atoms with van der Waals surface area (Å²) in [7, 11) is 0. The molecule has 0 aliphatic carbocycles. The van der Waals surface area contributed by atoms with Gasteiger partial charge in [0.15, 0.2) is 12.2 Å². The maximum Gasteiger partial charge on any atom is 0.185 e. The van der Waals surface area contributed by atoms with Gasteiger partial charge in [0.1, 0.15) is 0 Å². The molecule has 4 heteroatoms. The van der Waals surface area contributed by atoms with Gasteiger partial charge in [0.25, 0.3) is 0 Å². The van der Waals surface area contributed by atoms with Crippen LogP contribution in [0.1, 0.15) is 11.6 Å². The second kappa shape index (κ2) is 5.91. The van der Waals surface area contributed by atoms with E-state index in [0.29, 0.717) is 16.3 Å². The van der Waals surface area contributed by atoms with Crippen molar-refractivity contribution in [2.24, 2.45) is 0 Å². The highest BCUT2D eigenvalue weighted by Gasteiger charge is 2.22. The molecule has 0 saturated heterocycles. The molecule has 0 saturated carbocycles. The van der Waals surface area contributed by atoms with Crippen molar-refractivity contribution in [3.05, 3.63) is 65.2 Å². The first-order chi connectivity index (χ1) is 9.27. The molecule has 2 rings (SSSR count). The number of halogens is 1. The molecule has 0 aliphatic heterocycles. The second-order valence-electron chi connectivity index (χ2n) is 3.86. The Morgan fingerprint density at radius 2 is 1.58 bits per heavy atom. The minimum absolute atomic E-state index is 0.477. The summed E-state index contributed by atoms with van der Waals surface area (Å²) in [4.78, 5) is 1.35. The van der Waals surface area contributed by atoms with Crippen LogP contribution in [0.4, 0.5) is 5.69 Å². The van der Waals surface area contributed by atoms with E-state index in [1.165, 1.54) is 4.90 Å². The number of nitrogens with zero attached hydrogens (tertiary/aromatic N) is 3. The van der Waals surface area contributed by atoms with E-state index in [0.717, 1.165) is 0 Å². The number of benzene rings is 2. The molecule has 0 N–H and O–H groups in total. The Balaban J connectivity index is 2.45. The zero-order chi connectivity index (χ0) is 13.7. The van der Waals surface area contributed by atoms with Crippen LogP contribution in [0.3, 0.4) is 0 Å². The van der Waals surface area contributed by atoms with Gasteiger partial charge in [-0.25, -0.2) is 0 Å². The Kier molecular flexibility index (Phi) is 4.03. The maximum atomic E-state index is 9.37. The summed E-state index contributed by atoms with van der Waals surface area (Å²) in [5, 5.41) is 19.2. The van der Waals surface area contributed by atoms with Crippen LogP contribution in [-0.2, 0) is 0 Å². The first-order valence-electron chi connectivity index (χ1n) is 5.66. The SMILES string of the molecule is N#CC(c1ccccc1Cl)N(C#N)c1ccccc1. The van der Waals surface area contributed by atoms with Gasteiger partial charge < -0.3 is 0 Å². The Bertz CT molecular complexity index is 640. The summed E-state index contributed by atoms with van der Waals surface area (Å²) in [6.07, 6.45) is 2.05. The van der Waals surface area contributed by atoms with Crippen molar-refractivity contribution in [2.45, 2.75) is 6.04 Å². The quantitative estimate of drug-likeness (QED) is 0.626. The van der Waals surface area contributed by atoms with Crippen molar-refractivity contribution >= 4 is 17.3 Å². The summed E-state index contributed by atoms with van der Waals surface area (Å²) in [6, 6.07) is 17.5. The van der Waals surface area contributed by atoms with Gasteiger partial charge in [-0.1, -0.05) is 48.0 Å². The standard InChI is InChI=1S/C15H10ClN3/c16-14-9-5-4-8-13(14)15(10-17)19(11-18)12-6-2-1-3-7-12/h1-9,15H. The molecule has 0 radical (unpaired) electrons. The third kappa shape index (κ3) is 2.68. The van der Waals surface area contributed by atoms with E-state index in [-0.39, 0.29) is 0 Å². The summed E-state index contributed by atoms with van der Waals surface area (Å²) in [5.41, 5.74) is 1.29. The molecule has 19 heavy (non-hydrogen) atoms. The third-order valence-electron chi connectivity index (χ3n) is 2.72. The number of anilines is 1. The fourth-order valence-corrected chi connectivity index (χ4v) is 2.06. The molecule has 0 bridgehead atoms. The molecule has 0 spiro atoms. The average molecular weight is 268 g/mol. The van der Waals surface area contributed by atoms with Crippen LogP contribution in [0, 0.1) is 22.8 Å². The Morgan fingerprint density at radius 3 is 2.16 bits per heavy atom. The summed E-state index contributed by atoms with van der Waals surface area (Å²) in [5.74, 6) is 0. The number of rotatable bonds is 3. The first-order valence-corrected chi connectivity index (χ1v) is 6.03. The number of para-hydroxylation sites is 1. The highest BCUT2D eigenvalue weighted by Crippen LogP contribution is 2.30. The monoisotopic (exact) mass is 267 g/mol. The van der Waals surface area contributed by atoms with Gasteiger partial charge in [0.05, 0.1) is 11.8 Å². The zero-order valence-corrected chi connectivity index (χ0v) is 10.7. The fraction of sp³-hybridized carbons (Fsp3) is 0.0667. The van der Waals surface area contributed by atoms with Crippen LogP contribution in [0.15, 0.2) is 54.6 Å². The minimum Gasteiger partial charge on any atom is -0.258 e. The molecule has 0 aromatic heterocycles. The molecular weight excluding hydrogens is 258 g/mol.